The van der Waals surface area contributed by atoms with Gasteiger partial charge in [0.15, 0.2) is 0 Å². The van der Waals surface area contributed by atoms with Gasteiger partial charge in [0.25, 0.3) is 11.7 Å². The number of nitrogens with zero attached hydrogens (tertiary/aromatic N) is 2. The summed E-state index contributed by atoms with van der Waals surface area (Å²) in [6, 6.07) is 11.9. The Labute approximate surface area is 185 Å². The zero-order valence-electron chi connectivity index (χ0n) is 17.8. The number of Topliss-reactive ketones (excluding diaryl/α,β-unsaturated/α-hetero) is 1. The number of hydrogen-bond acceptors (Lipinski definition) is 6. The minimum atomic E-state index is -0.801. The molecular formula is C24H25FN2O5. The summed E-state index contributed by atoms with van der Waals surface area (Å²) in [5.74, 6) is -2.34. The average molecular weight is 440 g/mol. The molecule has 2 saturated heterocycles. The van der Waals surface area contributed by atoms with Crippen LogP contribution in [0.5, 0.6) is 5.75 Å². The van der Waals surface area contributed by atoms with E-state index >= 15 is 0 Å². The van der Waals surface area contributed by atoms with Crippen molar-refractivity contribution in [3.8, 4) is 5.75 Å². The maximum atomic E-state index is 14.0. The molecule has 7 nitrogen and oxygen atoms in total. The SMILES string of the molecule is COc1ccc(F)cc1C(O)=C1C(=O)C(=O)N(CCN2CCOCC2)C1c1ccccc1. The summed E-state index contributed by atoms with van der Waals surface area (Å²) >= 11 is 0. The number of ketones is 1. The van der Waals surface area contributed by atoms with Crippen LogP contribution >= 0.6 is 0 Å². The molecule has 1 amide bonds. The molecule has 168 valence electrons. The minimum Gasteiger partial charge on any atom is -0.507 e. The lowest BCUT2D eigenvalue weighted by Crippen LogP contribution is -2.42. The topological polar surface area (TPSA) is 79.3 Å². The monoisotopic (exact) mass is 440 g/mol. The van der Waals surface area contributed by atoms with Gasteiger partial charge in [0.2, 0.25) is 0 Å². The summed E-state index contributed by atoms with van der Waals surface area (Å²) in [5, 5.41) is 11.1. The van der Waals surface area contributed by atoms with Gasteiger partial charge >= 0.3 is 0 Å². The number of methoxy groups -OCH3 is 1. The van der Waals surface area contributed by atoms with Crippen molar-refractivity contribution in [3.63, 3.8) is 0 Å². The molecular weight excluding hydrogens is 415 g/mol. The Hall–Kier alpha value is -3.23. The van der Waals surface area contributed by atoms with Crippen LogP contribution in [0.4, 0.5) is 4.39 Å². The van der Waals surface area contributed by atoms with Gasteiger partial charge in [0.1, 0.15) is 17.3 Å². The molecule has 1 unspecified atom stereocenters. The molecule has 2 heterocycles. The molecule has 2 aliphatic rings. The highest BCUT2D eigenvalue weighted by Gasteiger charge is 2.46. The van der Waals surface area contributed by atoms with Crippen LogP contribution in [0.2, 0.25) is 0 Å². The van der Waals surface area contributed by atoms with E-state index in [0.29, 0.717) is 31.9 Å². The molecule has 0 saturated carbocycles. The minimum absolute atomic E-state index is 0.0274. The van der Waals surface area contributed by atoms with E-state index in [0.717, 1.165) is 19.2 Å². The van der Waals surface area contributed by atoms with Crippen LogP contribution < -0.4 is 4.74 Å². The molecule has 4 rings (SSSR count). The van der Waals surface area contributed by atoms with Gasteiger partial charge in [-0.2, -0.15) is 0 Å². The van der Waals surface area contributed by atoms with E-state index in [2.05, 4.69) is 4.90 Å². The number of benzene rings is 2. The van der Waals surface area contributed by atoms with Crippen LogP contribution in [0, 0.1) is 5.82 Å². The van der Waals surface area contributed by atoms with Crippen molar-refractivity contribution < 1.29 is 28.6 Å². The molecule has 0 aromatic heterocycles. The third kappa shape index (κ3) is 4.24. The molecule has 0 aliphatic carbocycles. The first-order chi connectivity index (χ1) is 15.5. The summed E-state index contributed by atoms with van der Waals surface area (Å²) in [5.41, 5.74) is 0.636. The van der Waals surface area contributed by atoms with Crippen molar-refractivity contribution in [2.75, 3.05) is 46.5 Å². The van der Waals surface area contributed by atoms with Crippen LogP contribution in [0.25, 0.3) is 5.76 Å². The van der Waals surface area contributed by atoms with Gasteiger partial charge in [-0.05, 0) is 23.8 Å². The van der Waals surface area contributed by atoms with Crippen molar-refractivity contribution >= 4 is 17.4 Å². The highest BCUT2D eigenvalue weighted by atomic mass is 19.1. The van der Waals surface area contributed by atoms with E-state index in [1.54, 1.807) is 24.3 Å². The van der Waals surface area contributed by atoms with Gasteiger partial charge in [-0.1, -0.05) is 30.3 Å². The van der Waals surface area contributed by atoms with Gasteiger partial charge in [-0.15, -0.1) is 0 Å². The number of morpholine rings is 1. The maximum absolute atomic E-state index is 14.0. The number of rotatable bonds is 6. The Balaban J connectivity index is 1.76. The number of ether oxygens (including phenoxy) is 2. The van der Waals surface area contributed by atoms with Crippen molar-refractivity contribution in [1.82, 2.24) is 9.80 Å². The van der Waals surface area contributed by atoms with Crippen molar-refractivity contribution in [1.29, 1.82) is 0 Å². The number of carbonyl (C=O) groups excluding carboxylic acids is 2. The highest BCUT2D eigenvalue weighted by molar-refractivity contribution is 6.46. The fraction of sp³-hybridized carbons (Fsp3) is 0.333. The summed E-state index contributed by atoms with van der Waals surface area (Å²) in [4.78, 5) is 29.7. The molecule has 2 fully saturated rings. The quantitative estimate of drug-likeness (QED) is 0.423. The number of carbonyl (C=O) groups is 2. The molecule has 8 heteroatoms. The van der Waals surface area contributed by atoms with Crippen LogP contribution in [0.1, 0.15) is 17.2 Å². The van der Waals surface area contributed by atoms with Crippen molar-refractivity contribution in [3.05, 3.63) is 71.0 Å². The molecule has 0 radical (unpaired) electrons. The Morgan fingerprint density at radius 1 is 1.12 bits per heavy atom. The molecule has 2 aromatic carbocycles. The Bertz CT molecular complexity index is 1030. The molecule has 1 N–H and O–H groups in total. The fourth-order valence-electron chi connectivity index (χ4n) is 4.18. The lowest BCUT2D eigenvalue weighted by Gasteiger charge is -2.31. The van der Waals surface area contributed by atoms with Gasteiger partial charge in [0, 0.05) is 26.2 Å². The molecule has 2 aliphatic heterocycles. The summed E-state index contributed by atoms with van der Waals surface area (Å²) in [7, 11) is 1.39. The van der Waals surface area contributed by atoms with E-state index in [-0.39, 0.29) is 16.9 Å². The number of amides is 1. The molecule has 0 bridgehead atoms. The van der Waals surface area contributed by atoms with E-state index in [9.17, 15) is 19.1 Å². The largest absolute Gasteiger partial charge is 0.507 e. The van der Waals surface area contributed by atoms with E-state index in [1.165, 1.54) is 24.1 Å². The maximum Gasteiger partial charge on any atom is 0.295 e. The van der Waals surface area contributed by atoms with Gasteiger partial charge in [-0.25, -0.2) is 4.39 Å². The average Bonchev–Trinajstić information content (AvgIpc) is 3.08. The van der Waals surface area contributed by atoms with Crippen molar-refractivity contribution in [2.24, 2.45) is 0 Å². The lowest BCUT2D eigenvalue weighted by molar-refractivity contribution is -0.140. The second-order valence-corrected chi connectivity index (χ2v) is 7.70. The normalized spacial score (nSPS) is 21.2. The second kappa shape index (κ2) is 9.50. The van der Waals surface area contributed by atoms with Crippen LogP contribution in [0.3, 0.4) is 0 Å². The Morgan fingerprint density at radius 3 is 2.53 bits per heavy atom. The van der Waals surface area contributed by atoms with Crippen LogP contribution in [-0.2, 0) is 14.3 Å². The lowest BCUT2D eigenvalue weighted by atomic mass is 9.95. The standard InChI is InChI=1S/C24H25FN2O5/c1-31-19-8-7-17(25)15-18(19)22(28)20-21(16-5-3-2-4-6-16)27(24(30)23(20)29)10-9-26-11-13-32-14-12-26/h2-8,15,21,28H,9-14H2,1H3. The van der Waals surface area contributed by atoms with Crippen molar-refractivity contribution in [2.45, 2.75) is 6.04 Å². The Kier molecular flexibility index (Phi) is 6.53. The third-order valence-corrected chi connectivity index (χ3v) is 5.83. The summed E-state index contributed by atoms with van der Waals surface area (Å²) in [6.45, 7) is 3.63. The van der Waals surface area contributed by atoms with Gasteiger partial charge < -0.3 is 19.5 Å². The second-order valence-electron chi connectivity index (χ2n) is 7.70. The number of aliphatic hydroxyl groups excluding tert-OH is 1. The Morgan fingerprint density at radius 2 is 1.84 bits per heavy atom. The zero-order chi connectivity index (χ0) is 22.7. The predicted molar refractivity (Wildman–Crippen MR) is 116 cm³/mol. The number of aliphatic hydroxyl groups is 1. The number of likely N-dealkylation sites (tertiary alicyclic amines) is 1. The fourth-order valence-corrected chi connectivity index (χ4v) is 4.18. The number of hydrogen-bond donors (Lipinski definition) is 1. The first kappa shape index (κ1) is 22.0. The first-order valence-corrected chi connectivity index (χ1v) is 10.5. The third-order valence-electron chi connectivity index (χ3n) is 5.83. The van der Waals surface area contributed by atoms with E-state index in [1.807, 2.05) is 6.07 Å². The molecule has 0 spiro atoms. The molecule has 32 heavy (non-hydrogen) atoms. The summed E-state index contributed by atoms with van der Waals surface area (Å²) in [6.07, 6.45) is 0. The van der Waals surface area contributed by atoms with E-state index in [4.69, 9.17) is 9.47 Å². The predicted octanol–water partition coefficient (Wildman–Crippen LogP) is 2.59. The van der Waals surface area contributed by atoms with Gasteiger partial charge in [-0.3, -0.25) is 14.5 Å². The highest BCUT2D eigenvalue weighted by Crippen LogP contribution is 2.40. The number of halogens is 1. The smallest absolute Gasteiger partial charge is 0.295 e. The van der Waals surface area contributed by atoms with Crippen LogP contribution in [0.15, 0.2) is 54.1 Å². The van der Waals surface area contributed by atoms with Gasteiger partial charge in [0.05, 0.1) is 37.5 Å². The zero-order valence-corrected chi connectivity index (χ0v) is 17.8. The van der Waals surface area contributed by atoms with Crippen LogP contribution in [-0.4, -0.2) is 73.1 Å². The first-order valence-electron chi connectivity index (χ1n) is 10.5. The molecule has 1 atom stereocenters. The molecule has 2 aromatic rings. The van der Waals surface area contributed by atoms with E-state index < -0.39 is 29.3 Å². The summed E-state index contributed by atoms with van der Waals surface area (Å²) < 4.78 is 24.6.